The molecule has 0 aromatic rings. The summed E-state index contributed by atoms with van der Waals surface area (Å²) in [6, 6.07) is 0. The van der Waals surface area contributed by atoms with E-state index in [1.807, 2.05) is 0 Å². The second-order valence-corrected chi connectivity index (χ2v) is 5.48. The van der Waals surface area contributed by atoms with Crippen LogP contribution in [0.25, 0.3) is 0 Å². The number of carbonyl (C=O) groups excluding carboxylic acids is 1. The molecular weight excluding hydrogens is 331 g/mol. The number of hydrogen-bond donors (Lipinski definition) is 0. The predicted molar refractivity (Wildman–Crippen MR) is 77.8 cm³/mol. The van der Waals surface area contributed by atoms with Gasteiger partial charge in [-0.05, 0) is 23.8 Å². The zero-order valence-corrected chi connectivity index (χ0v) is 12.8. The maximum Gasteiger partial charge on any atom is 0.409 e. The van der Waals surface area contributed by atoms with Crippen molar-refractivity contribution < 1.29 is 9.53 Å². The van der Waals surface area contributed by atoms with Crippen molar-refractivity contribution in [3.05, 3.63) is 0 Å². The first-order valence-electron chi connectivity index (χ1n) is 6.39. The minimum atomic E-state index is -0.188. The van der Waals surface area contributed by atoms with Gasteiger partial charge in [0.25, 0.3) is 0 Å². The average Bonchev–Trinajstić information content (AvgIpc) is 2.38. The van der Waals surface area contributed by atoms with E-state index in [4.69, 9.17) is 4.74 Å². The summed E-state index contributed by atoms with van der Waals surface area (Å²) in [6.45, 7) is 4.76. The van der Waals surface area contributed by atoms with E-state index >= 15 is 0 Å². The summed E-state index contributed by atoms with van der Waals surface area (Å²) in [4.78, 5) is 15.5. The molecule has 1 saturated heterocycles. The molecule has 1 fully saturated rings. The van der Waals surface area contributed by atoms with Crippen LogP contribution in [0.15, 0.2) is 0 Å². The van der Waals surface area contributed by atoms with Crippen LogP contribution in [0, 0.1) is 0 Å². The van der Waals surface area contributed by atoms with Crippen LogP contribution < -0.4 is 0 Å². The topological polar surface area (TPSA) is 32.8 Å². The highest BCUT2D eigenvalue weighted by molar-refractivity contribution is 14.1. The fraction of sp³-hybridized carbons (Fsp3) is 0.917. The van der Waals surface area contributed by atoms with E-state index in [9.17, 15) is 4.79 Å². The molecule has 4 nitrogen and oxygen atoms in total. The fourth-order valence-electron chi connectivity index (χ4n) is 2.07. The van der Waals surface area contributed by atoms with E-state index < -0.39 is 0 Å². The number of piperazine rings is 1. The fourth-order valence-corrected chi connectivity index (χ4v) is 2.61. The molecule has 100 valence electrons. The second-order valence-electron chi connectivity index (χ2n) is 4.40. The molecule has 5 heteroatoms. The van der Waals surface area contributed by atoms with Gasteiger partial charge < -0.3 is 9.64 Å². The molecule has 17 heavy (non-hydrogen) atoms. The molecule has 0 spiro atoms. The zero-order chi connectivity index (χ0) is 12.5. The Hall–Kier alpha value is -0.0400. The molecule has 0 aromatic carbocycles. The summed E-state index contributed by atoms with van der Waals surface area (Å²) in [5.74, 6) is 0. The number of halogens is 1. The van der Waals surface area contributed by atoms with Gasteiger partial charge in [-0.3, -0.25) is 4.90 Å². The van der Waals surface area contributed by atoms with Crippen molar-refractivity contribution in [2.24, 2.45) is 0 Å². The van der Waals surface area contributed by atoms with Crippen LogP contribution in [-0.4, -0.2) is 60.2 Å². The second kappa shape index (κ2) is 8.97. The summed E-state index contributed by atoms with van der Waals surface area (Å²) in [6.07, 6.45) is 5.13. The van der Waals surface area contributed by atoms with Crippen molar-refractivity contribution in [3.8, 4) is 0 Å². The molecule has 1 rings (SSSR count). The molecule has 0 bridgehead atoms. The summed E-state index contributed by atoms with van der Waals surface area (Å²) >= 11 is 2.43. The monoisotopic (exact) mass is 354 g/mol. The third-order valence-electron chi connectivity index (χ3n) is 3.16. The first-order chi connectivity index (χ1) is 8.27. The standard InChI is InChI=1S/C12H23IN2O2/c1-17-12(16)15-10-8-14(9-11-15)7-5-3-2-4-6-13/h2-11H2,1H3. The van der Waals surface area contributed by atoms with Gasteiger partial charge in [-0.1, -0.05) is 35.4 Å². The molecule has 1 aliphatic rings. The van der Waals surface area contributed by atoms with E-state index in [-0.39, 0.29) is 6.09 Å². The van der Waals surface area contributed by atoms with Crippen LogP contribution in [0.4, 0.5) is 4.79 Å². The lowest BCUT2D eigenvalue weighted by Gasteiger charge is -2.33. The molecule has 0 atom stereocenters. The summed E-state index contributed by atoms with van der Waals surface area (Å²) in [5, 5.41) is 0. The highest BCUT2D eigenvalue weighted by Gasteiger charge is 2.20. The third-order valence-corrected chi connectivity index (χ3v) is 3.93. The maximum atomic E-state index is 11.3. The van der Waals surface area contributed by atoms with Crippen molar-refractivity contribution in [1.29, 1.82) is 0 Å². The number of ether oxygens (including phenoxy) is 1. The number of hydrogen-bond acceptors (Lipinski definition) is 3. The number of unbranched alkanes of at least 4 members (excludes halogenated alkanes) is 3. The third kappa shape index (κ3) is 5.90. The van der Waals surface area contributed by atoms with Crippen molar-refractivity contribution in [1.82, 2.24) is 9.80 Å². The van der Waals surface area contributed by atoms with Gasteiger partial charge in [-0.25, -0.2) is 4.79 Å². The van der Waals surface area contributed by atoms with Crippen LogP contribution >= 0.6 is 22.6 Å². The van der Waals surface area contributed by atoms with Gasteiger partial charge in [0.1, 0.15) is 0 Å². The van der Waals surface area contributed by atoms with E-state index in [1.54, 1.807) is 4.90 Å². The molecule has 0 aliphatic carbocycles. The van der Waals surface area contributed by atoms with Crippen molar-refractivity contribution in [3.63, 3.8) is 0 Å². The Morgan fingerprint density at radius 3 is 2.35 bits per heavy atom. The quantitative estimate of drug-likeness (QED) is 0.417. The molecular formula is C12H23IN2O2. The lowest BCUT2D eigenvalue weighted by molar-refractivity contribution is 0.0905. The van der Waals surface area contributed by atoms with Crippen molar-refractivity contribution in [2.45, 2.75) is 25.7 Å². The van der Waals surface area contributed by atoms with E-state index in [0.717, 1.165) is 26.2 Å². The largest absolute Gasteiger partial charge is 0.453 e. The molecule has 0 radical (unpaired) electrons. The number of alkyl halides is 1. The molecule has 0 unspecified atom stereocenters. The summed E-state index contributed by atoms with van der Waals surface area (Å²) in [5.41, 5.74) is 0. The number of methoxy groups -OCH3 is 1. The van der Waals surface area contributed by atoms with E-state index in [0.29, 0.717) is 0 Å². The number of nitrogens with zero attached hydrogens (tertiary/aromatic N) is 2. The van der Waals surface area contributed by atoms with E-state index in [2.05, 4.69) is 27.5 Å². The van der Waals surface area contributed by atoms with Crippen LogP contribution in [-0.2, 0) is 4.74 Å². The van der Waals surface area contributed by atoms with Gasteiger partial charge in [0.15, 0.2) is 0 Å². The van der Waals surface area contributed by atoms with Crippen LogP contribution in [0.2, 0.25) is 0 Å². The smallest absolute Gasteiger partial charge is 0.409 e. The first kappa shape index (κ1) is 15.0. The molecule has 1 amide bonds. The Bertz CT molecular complexity index is 219. The van der Waals surface area contributed by atoms with Gasteiger partial charge in [0.2, 0.25) is 0 Å². The Labute approximate surface area is 118 Å². The maximum absolute atomic E-state index is 11.3. The van der Waals surface area contributed by atoms with Gasteiger partial charge in [0.05, 0.1) is 7.11 Å². The Kier molecular flexibility index (Phi) is 7.92. The number of carbonyl (C=O) groups is 1. The Balaban J connectivity index is 2.05. The van der Waals surface area contributed by atoms with Crippen molar-refractivity contribution in [2.75, 3.05) is 44.3 Å². The van der Waals surface area contributed by atoms with Gasteiger partial charge in [-0.2, -0.15) is 0 Å². The molecule has 0 aromatic heterocycles. The van der Waals surface area contributed by atoms with E-state index in [1.165, 1.54) is 43.8 Å². The lowest BCUT2D eigenvalue weighted by atomic mass is 10.2. The molecule has 0 N–H and O–H groups in total. The molecule has 1 aliphatic heterocycles. The number of amides is 1. The normalized spacial score (nSPS) is 17.2. The highest BCUT2D eigenvalue weighted by atomic mass is 127. The van der Waals surface area contributed by atoms with Gasteiger partial charge in [0, 0.05) is 26.2 Å². The van der Waals surface area contributed by atoms with Crippen LogP contribution in [0.5, 0.6) is 0 Å². The average molecular weight is 354 g/mol. The Morgan fingerprint density at radius 2 is 1.76 bits per heavy atom. The molecule has 1 heterocycles. The summed E-state index contributed by atoms with van der Waals surface area (Å²) < 4.78 is 5.99. The molecule has 0 saturated carbocycles. The zero-order valence-electron chi connectivity index (χ0n) is 10.7. The Morgan fingerprint density at radius 1 is 1.12 bits per heavy atom. The lowest BCUT2D eigenvalue weighted by Crippen LogP contribution is -2.48. The van der Waals surface area contributed by atoms with Crippen LogP contribution in [0.1, 0.15) is 25.7 Å². The van der Waals surface area contributed by atoms with Crippen LogP contribution in [0.3, 0.4) is 0 Å². The highest BCUT2D eigenvalue weighted by Crippen LogP contribution is 2.07. The minimum absolute atomic E-state index is 0.188. The first-order valence-corrected chi connectivity index (χ1v) is 7.91. The summed E-state index contributed by atoms with van der Waals surface area (Å²) in [7, 11) is 1.45. The predicted octanol–water partition coefficient (Wildman–Crippen LogP) is 2.37. The number of rotatable bonds is 6. The van der Waals surface area contributed by atoms with Crippen molar-refractivity contribution >= 4 is 28.7 Å². The van der Waals surface area contributed by atoms with Gasteiger partial charge in [-0.15, -0.1) is 0 Å². The SMILES string of the molecule is COC(=O)N1CCN(CCCCCCI)CC1. The van der Waals surface area contributed by atoms with Gasteiger partial charge >= 0.3 is 6.09 Å². The minimum Gasteiger partial charge on any atom is -0.453 e.